The summed E-state index contributed by atoms with van der Waals surface area (Å²) in [5, 5.41) is 4.06. The molecule has 0 bridgehead atoms. The summed E-state index contributed by atoms with van der Waals surface area (Å²) < 4.78 is 5.36. The Bertz CT molecular complexity index is 1030. The van der Waals surface area contributed by atoms with Gasteiger partial charge in [-0.2, -0.15) is 0 Å². The highest BCUT2D eigenvalue weighted by atomic mass is 16.5. The lowest BCUT2D eigenvalue weighted by Gasteiger charge is -2.28. The lowest BCUT2D eigenvalue weighted by atomic mass is 9.78. The predicted molar refractivity (Wildman–Crippen MR) is 119 cm³/mol. The Labute approximate surface area is 176 Å². The molecular formula is C25H28N2O3. The Morgan fingerprint density at radius 1 is 1.00 bits per heavy atom. The van der Waals surface area contributed by atoms with Crippen LogP contribution in [0.15, 0.2) is 54.7 Å². The van der Waals surface area contributed by atoms with Gasteiger partial charge in [0.25, 0.3) is 5.91 Å². The fourth-order valence-electron chi connectivity index (χ4n) is 4.22. The van der Waals surface area contributed by atoms with Gasteiger partial charge in [0.2, 0.25) is 0 Å². The Morgan fingerprint density at radius 2 is 1.73 bits per heavy atom. The molecule has 0 spiro atoms. The molecule has 0 aliphatic heterocycles. The van der Waals surface area contributed by atoms with Crippen molar-refractivity contribution in [3.63, 3.8) is 0 Å². The van der Waals surface area contributed by atoms with Gasteiger partial charge in [0.1, 0.15) is 0 Å². The highest BCUT2D eigenvalue weighted by Crippen LogP contribution is 2.36. The van der Waals surface area contributed by atoms with Crippen molar-refractivity contribution in [2.45, 2.75) is 51.6 Å². The van der Waals surface area contributed by atoms with Crippen LogP contribution in [-0.2, 0) is 9.53 Å². The third-order valence-corrected chi connectivity index (χ3v) is 5.87. The van der Waals surface area contributed by atoms with E-state index >= 15 is 0 Å². The van der Waals surface area contributed by atoms with Crippen LogP contribution in [-0.4, -0.2) is 23.0 Å². The zero-order valence-corrected chi connectivity index (χ0v) is 17.5. The van der Waals surface area contributed by atoms with Crippen LogP contribution in [0.5, 0.6) is 0 Å². The van der Waals surface area contributed by atoms with Gasteiger partial charge in [-0.05, 0) is 86.7 Å². The third kappa shape index (κ3) is 4.56. The number of aromatic amines is 1. The van der Waals surface area contributed by atoms with Crippen LogP contribution in [0.3, 0.4) is 0 Å². The maximum atomic E-state index is 12.6. The van der Waals surface area contributed by atoms with E-state index in [1.54, 1.807) is 0 Å². The molecule has 5 heteroatoms. The third-order valence-electron chi connectivity index (χ3n) is 5.87. The number of hydrogen-bond acceptors (Lipinski definition) is 3. The first kappa shape index (κ1) is 20.2. The molecule has 30 heavy (non-hydrogen) atoms. The summed E-state index contributed by atoms with van der Waals surface area (Å²) in [4.78, 5) is 27.8. The standard InChI is InChI=1S/C25H28N2O3/c1-16(2)30-25(29)20-6-3-17(4-7-20)18-9-11-22(12-10-18)27-24(28)21-8-5-19-13-14-26-23(19)15-21/h5,8-17,20,26H,3-4,6-7H2,1-2H3,(H,27,28). The lowest BCUT2D eigenvalue weighted by Crippen LogP contribution is -2.25. The highest BCUT2D eigenvalue weighted by Gasteiger charge is 2.28. The van der Waals surface area contributed by atoms with Gasteiger partial charge in [0.15, 0.2) is 0 Å². The van der Waals surface area contributed by atoms with E-state index in [2.05, 4.69) is 22.4 Å². The molecule has 0 unspecified atom stereocenters. The fraction of sp³-hybridized carbons (Fsp3) is 0.360. The molecule has 1 aliphatic rings. The van der Waals surface area contributed by atoms with Gasteiger partial charge in [-0.1, -0.05) is 18.2 Å². The summed E-state index contributed by atoms with van der Waals surface area (Å²) in [7, 11) is 0. The highest BCUT2D eigenvalue weighted by molar-refractivity contribution is 6.06. The number of hydrogen-bond donors (Lipinski definition) is 2. The van der Waals surface area contributed by atoms with E-state index in [9.17, 15) is 9.59 Å². The summed E-state index contributed by atoms with van der Waals surface area (Å²) in [5.41, 5.74) is 3.62. The maximum absolute atomic E-state index is 12.6. The van der Waals surface area contributed by atoms with Crippen molar-refractivity contribution < 1.29 is 14.3 Å². The number of benzene rings is 2. The Morgan fingerprint density at radius 3 is 2.43 bits per heavy atom. The van der Waals surface area contributed by atoms with Crippen LogP contribution in [0.2, 0.25) is 0 Å². The number of carbonyl (C=O) groups excluding carboxylic acids is 2. The summed E-state index contributed by atoms with van der Waals surface area (Å²) in [6.45, 7) is 3.78. The van der Waals surface area contributed by atoms with E-state index in [1.165, 1.54) is 5.56 Å². The molecule has 1 aromatic heterocycles. The van der Waals surface area contributed by atoms with Gasteiger partial charge in [-0.15, -0.1) is 0 Å². The van der Waals surface area contributed by atoms with Gasteiger partial charge in [-0.25, -0.2) is 0 Å². The largest absolute Gasteiger partial charge is 0.463 e. The Kier molecular flexibility index (Phi) is 5.88. The maximum Gasteiger partial charge on any atom is 0.309 e. The van der Waals surface area contributed by atoms with Crippen molar-refractivity contribution in [3.8, 4) is 0 Å². The summed E-state index contributed by atoms with van der Waals surface area (Å²) >= 11 is 0. The van der Waals surface area contributed by atoms with Gasteiger partial charge in [-0.3, -0.25) is 9.59 Å². The van der Waals surface area contributed by atoms with Crippen molar-refractivity contribution in [2.75, 3.05) is 5.32 Å². The second-order valence-corrected chi connectivity index (χ2v) is 8.39. The van der Waals surface area contributed by atoms with Crippen LogP contribution in [0.4, 0.5) is 5.69 Å². The number of ether oxygens (including phenoxy) is 1. The van der Waals surface area contributed by atoms with Crippen molar-refractivity contribution in [1.82, 2.24) is 4.98 Å². The molecule has 156 valence electrons. The molecule has 1 heterocycles. The van der Waals surface area contributed by atoms with E-state index in [1.807, 2.05) is 56.4 Å². The van der Waals surface area contributed by atoms with E-state index in [0.717, 1.165) is 42.3 Å². The molecule has 1 saturated carbocycles. The second kappa shape index (κ2) is 8.74. The lowest BCUT2D eigenvalue weighted by molar-refractivity contribution is -0.153. The number of carbonyl (C=O) groups is 2. The second-order valence-electron chi connectivity index (χ2n) is 8.39. The normalized spacial score (nSPS) is 19.0. The van der Waals surface area contributed by atoms with Gasteiger partial charge in [0.05, 0.1) is 12.0 Å². The Hall–Kier alpha value is -3.08. The number of anilines is 1. The predicted octanol–water partition coefficient (Wildman–Crippen LogP) is 5.65. The minimum Gasteiger partial charge on any atom is -0.463 e. The van der Waals surface area contributed by atoms with Crippen LogP contribution in [0.1, 0.15) is 61.4 Å². The van der Waals surface area contributed by atoms with Crippen molar-refractivity contribution in [2.24, 2.45) is 5.92 Å². The summed E-state index contributed by atoms with van der Waals surface area (Å²) in [5.74, 6) is 0.301. The molecule has 1 amide bonds. The number of amides is 1. The van der Waals surface area contributed by atoms with E-state index in [-0.39, 0.29) is 23.9 Å². The number of fused-ring (bicyclic) bond motifs is 1. The Balaban J connectivity index is 1.34. The summed E-state index contributed by atoms with van der Waals surface area (Å²) in [6.07, 6.45) is 5.53. The fourth-order valence-corrected chi connectivity index (χ4v) is 4.22. The minimum atomic E-state index is -0.122. The molecule has 2 N–H and O–H groups in total. The smallest absolute Gasteiger partial charge is 0.309 e. The number of aromatic nitrogens is 1. The molecule has 0 radical (unpaired) electrons. The number of rotatable bonds is 5. The van der Waals surface area contributed by atoms with Crippen molar-refractivity contribution >= 4 is 28.5 Å². The van der Waals surface area contributed by atoms with Crippen LogP contribution < -0.4 is 5.32 Å². The van der Waals surface area contributed by atoms with Gasteiger partial charge < -0.3 is 15.0 Å². The van der Waals surface area contributed by atoms with Crippen molar-refractivity contribution in [1.29, 1.82) is 0 Å². The number of esters is 1. The van der Waals surface area contributed by atoms with Crippen molar-refractivity contribution in [3.05, 3.63) is 65.9 Å². The zero-order chi connectivity index (χ0) is 21.1. The number of nitrogens with one attached hydrogen (secondary N) is 2. The molecule has 2 aromatic carbocycles. The first-order chi connectivity index (χ1) is 14.5. The SMILES string of the molecule is CC(C)OC(=O)C1CCC(c2ccc(NC(=O)c3ccc4cc[nH]c4c3)cc2)CC1. The topological polar surface area (TPSA) is 71.2 Å². The monoisotopic (exact) mass is 404 g/mol. The zero-order valence-electron chi connectivity index (χ0n) is 17.5. The van der Waals surface area contributed by atoms with E-state index in [4.69, 9.17) is 4.74 Å². The van der Waals surface area contributed by atoms with Gasteiger partial charge >= 0.3 is 5.97 Å². The average molecular weight is 405 g/mol. The van der Waals surface area contributed by atoms with Gasteiger partial charge in [0, 0.05) is 23.0 Å². The number of H-pyrrole nitrogens is 1. The van der Waals surface area contributed by atoms with E-state index in [0.29, 0.717) is 11.5 Å². The van der Waals surface area contributed by atoms with Crippen LogP contribution >= 0.6 is 0 Å². The first-order valence-electron chi connectivity index (χ1n) is 10.7. The molecule has 3 aromatic rings. The quantitative estimate of drug-likeness (QED) is 0.540. The average Bonchev–Trinajstić information content (AvgIpc) is 3.22. The molecule has 1 aliphatic carbocycles. The minimum absolute atomic E-state index is 0.0271. The molecule has 5 nitrogen and oxygen atoms in total. The molecule has 0 atom stereocenters. The molecule has 4 rings (SSSR count). The molecule has 0 saturated heterocycles. The molecule has 1 fully saturated rings. The van der Waals surface area contributed by atoms with E-state index < -0.39 is 0 Å². The van der Waals surface area contributed by atoms with Crippen LogP contribution in [0, 0.1) is 5.92 Å². The molecular weight excluding hydrogens is 376 g/mol. The van der Waals surface area contributed by atoms with Crippen LogP contribution in [0.25, 0.3) is 10.9 Å². The summed E-state index contributed by atoms with van der Waals surface area (Å²) in [6, 6.07) is 15.7. The first-order valence-corrected chi connectivity index (χ1v) is 10.7.